The highest BCUT2D eigenvalue weighted by Gasteiger charge is 2.19. The Hall–Kier alpha value is -7.83. The van der Waals surface area contributed by atoms with E-state index < -0.39 is 0 Å². The Morgan fingerprint density at radius 1 is 0.333 bits per heavy atom. The number of aromatic nitrogens is 4. The zero-order chi connectivity index (χ0) is 37.5. The second-order valence-corrected chi connectivity index (χ2v) is 14.4. The van der Waals surface area contributed by atoms with Gasteiger partial charge in [-0.2, -0.15) is 0 Å². The molecule has 0 amide bonds. The van der Waals surface area contributed by atoms with Gasteiger partial charge in [-0.05, 0) is 72.3 Å². The topological polar surface area (TPSA) is 69.9 Å². The van der Waals surface area contributed by atoms with Gasteiger partial charge in [0, 0.05) is 60.3 Å². The predicted molar refractivity (Wildman–Crippen MR) is 230 cm³/mol. The van der Waals surface area contributed by atoms with Crippen molar-refractivity contribution in [2.24, 2.45) is 0 Å². The molecule has 0 saturated heterocycles. The third-order valence-corrected chi connectivity index (χ3v) is 11.1. The first-order valence-electron chi connectivity index (χ1n) is 19.0. The first-order valence-corrected chi connectivity index (χ1v) is 19.0. The summed E-state index contributed by atoms with van der Waals surface area (Å²) in [6.07, 6.45) is 0. The van der Waals surface area contributed by atoms with E-state index in [4.69, 9.17) is 23.8 Å². The van der Waals surface area contributed by atoms with Crippen LogP contribution in [0, 0.1) is 0 Å². The van der Waals surface area contributed by atoms with Crippen LogP contribution >= 0.6 is 0 Å². The highest BCUT2D eigenvalue weighted by molar-refractivity contribution is 6.13. The molecule has 0 aliphatic rings. The van der Waals surface area contributed by atoms with Gasteiger partial charge in [-0.3, -0.25) is 0 Å². The van der Waals surface area contributed by atoms with Crippen molar-refractivity contribution in [1.82, 2.24) is 19.5 Å². The normalized spacial score (nSPS) is 11.9. The van der Waals surface area contributed by atoms with Crippen LogP contribution in [0.5, 0.6) is 0 Å². The average Bonchev–Trinajstić information content (AvgIpc) is 3.95. The highest BCUT2D eigenvalue weighted by atomic mass is 16.3. The van der Waals surface area contributed by atoms with Crippen molar-refractivity contribution in [1.29, 1.82) is 0 Å². The van der Waals surface area contributed by atoms with Gasteiger partial charge in [0.05, 0.1) is 11.0 Å². The molecule has 12 rings (SSSR count). The van der Waals surface area contributed by atoms with E-state index in [1.54, 1.807) is 0 Å². The Bertz CT molecular complexity index is 3530. The zero-order valence-corrected chi connectivity index (χ0v) is 30.4. The standard InChI is InChI=1S/C51H30N4O2/c1-3-12-31(13-4-1)49-52-50(33-24-27-46-42(29-33)38-17-8-10-21-45(38)56-46)54-51(53-49)34-22-25-39-40-19-11-18-36(48(40)57-47(39)30-34)32-23-26-44-41(28-32)37-16-7-9-20-43(37)55(44)35-14-5-2-6-15-35/h1-30H. The lowest BCUT2D eigenvalue weighted by Crippen LogP contribution is -2.00. The number of fused-ring (bicyclic) bond motifs is 9. The van der Waals surface area contributed by atoms with Gasteiger partial charge in [-0.1, -0.05) is 115 Å². The van der Waals surface area contributed by atoms with Gasteiger partial charge < -0.3 is 13.4 Å². The van der Waals surface area contributed by atoms with Crippen molar-refractivity contribution >= 4 is 65.7 Å². The molecule has 0 N–H and O–H groups in total. The van der Waals surface area contributed by atoms with Gasteiger partial charge in [0.2, 0.25) is 0 Å². The van der Waals surface area contributed by atoms with Crippen molar-refractivity contribution in [3.63, 3.8) is 0 Å². The molecule has 0 fully saturated rings. The van der Waals surface area contributed by atoms with Gasteiger partial charge in [0.15, 0.2) is 17.5 Å². The Labute approximate surface area is 325 Å². The first-order chi connectivity index (χ1) is 28.2. The third-order valence-electron chi connectivity index (χ3n) is 11.1. The molecule has 0 aliphatic carbocycles. The van der Waals surface area contributed by atoms with E-state index in [0.717, 1.165) is 82.9 Å². The summed E-state index contributed by atoms with van der Waals surface area (Å²) in [5, 5.41) is 6.58. The molecular weight excluding hydrogens is 701 g/mol. The fourth-order valence-electron chi connectivity index (χ4n) is 8.38. The van der Waals surface area contributed by atoms with Crippen LogP contribution in [0.15, 0.2) is 191 Å². The summed E-state index contributed by atoms with van der Waals surface area (Å²) in [6.45, 7) is 0. The second-order valence-electron chi connectivity index (χ2n) is 14.4. The van der Waals surface area contributed by atoms with Crippen molar-refractivity contribution < 1.29 is 8.83 Å². The maximum Gasteiger partial charge on any atom is 0.164 e. The number of nitrogens with zero attached hydrogens (tertiary/aromatic N) is 4. The fourth-order valence-corrected chi connectivity index (χ4v) is 8.38. The Morgan fingerprint density at radius 2 is 0.930 bits per heavy atom. The summed E-state index contributed by atoms with van der Waals surface area (Å²) in [7, 11) is 0. The third kappa shape index (κ3) is 5.01. The van der Waals surface area contributed by atoms with E-state index in [-0.39, 0.29) is 0 Å². The molecule has 0 unspecified atom stereocenters. The number of hydrogen-bond donors (Lipinski definition) is 0. The molecule has 0 bridgehead atoms. The Morgan fingerprint density at radius 3 is 1.77 bits per heavy atom. The molecule has 0 saturated carbocycles. The predicted octanol–water partition coefficient (Wildman–Crippen LogP) is 13.4. The second kappa shape index (κ2) is 12.3. The zero-order valence-electron chi connectivity index (χ0n) is 30.4. The van der Waals surface area contributed by atoms with E-state index in [9.17, 15) is 0 Å². The van der Waals surface area contributed by atoms with Crippen molar-refractivity contribution in [2.45, 2.75) is 0 Å². The molecule has 6 heteroatoms. The average molecular weight is 731 g/mol. The minimum Gasteiger partial charge on any atom is -0.456 e. The molecule has 57 heavy (non-hydrogen) atoms. The SMILES string of the molecule is c1ccc(-c2nc(-c3ccc4c(c3)oc3c(-c5ccc6c(c5)c5ccccc5n6-c5ccccc5)cccc34)nc(-c3ccc4oc5ccccc5c4c3)n2)cc1. The lowest BCUT2D eigenvalue weighted by atomic mass is 10.00. The van der Waals surface area contributed by atoms with Crippen LogP contribution in [0.1, 0.15) is 0 Å². The molecule has 4 heterocycles. The number of para-hydroxylation sites is 4. The van der Waals surface area contributed by atoms with Crippen LogP contribution in [-0.2, 0) is 0 Å². The monoisotopic (exact) mass is 730 g/mol. The summed E-state index contributed by atoms with van der Waals surface area (Å²) < 4.78 is 15.3. The summed E-state index contributed by atoms with van der Waals surface area (Å²) in [5.41, 5.74) is 11.5. The van der Waals surface area contributed by atoms with Gasteiger partial charge in [0.1, 0.15) is 22.3 Å². The molecule has 8 aromatic carbocycles. The highest BCUT2D eigenvalue weighted by Crippen LogP contribution is 2.40. The summed E-state index contributed by atoms with van der Waals surface area (Å²) in [6, 6.07) is 62.8. The molecule has 266 valence electrons. The van der Waals surface area contributed by atoms with Crippen molar-refractivity contribution in [3.8, 4) is 51.0 Å². The van der Waals surface area contributed by atoms with Crippen LogP contribution in [0.3, 0.4) is 0 Å². The molecular formula is C51H30N4O2. The van der Waals surface area contributed by atoms with Crippen molar-refractivity contribution in [2.75, 3.05) is 0 Å². The quantitative estimate of drug-likeness (QED) is 0.176. The van der Waals surface area contributed by atoms with Crippen molar-refractivity contribution in [3.05, 3.63) is 182 Å². The largest absolute Gasteiger partial charge is 0.456 e. The van der Waals surface area contributed by atoms with E-state index in [1.165, 1.54) is 16.3 Å². The Kier molecular flexibility index (Phi) is 6.83. The summed E-state index contributed by atoms with van der Waals surface area (Å²) in [4.78, 5) is 15.1. The maximum atomic E-state index is 6.80. The first kappa shape index (κ1) is 31.5. The Balaban J connectivity index is 0.998. The number of furan rings is 2. The number of rotatable bonds is 5. The summed E-state index contributed by atoms with van der Waals surface area (Å²) >= 11 is 0. The van der Waals surface area contributed by atoms with Crippen LogP contribution in [0.2, 0.25) is 0 Å². The minimum atomic E-state index is 0.568. The van der Waals surface area contributed by atoms with E-state index in [2.05, 4.69) is 126 Å². The molecule has 0 atom stereocenters. The van der Waals surface area contributed by atoms with E-state index in [1.807, 2.05) is 60.7 Å². The molecule has 0 aliphatic heterocycles. The van der Waals surface area contributed by atoms with E-state index in [0.29, 0.717) is 17.5 Å². The maximum absolute atomic E-state index is 6.80. The molecule has 6 nitrogen and oxygen atoms in total. The molecule has 4 aromatic heterocycles. The minimum absolute atomic E-state index is 0.568. The number of hydrogen-bond acceptors (Lipinski definition) is 5. The van der Waals surface area contributed by atoms with Crippen LogP contribution in [-0.4, -0.2) is 19.5 Å². The number of benzene rings is 8. The van der Waals surface area contributed by atoms with Crippen LogP contribution in [0.25, 0.3) is 117 Å². The molecule has 12 aromatic rings. The van der Waals surface area contributed by atoms with Crippen LogP contribution < -0.4 is 0 Å². The van der Waals surface area contributed by atoms with E-state index >= 15 is 0 Å². The van der Waals surface area contributed by atoms with Gasteiger partial charge in [-0.25, -0.2) is 15.0 Å². The lowest BCUT2D eigenvalue weighted by Gasteiger charge is -2.08. The fraction of sp³-hybridized carbons (Fsp3) is 0. The van der Waals surface area contributed by atoms with Crippen LogP contribution in [0.4, 0.5) is 0 Å². The smallest absolute Gasteiger partial charge is 0.164 e. The molecule has 0 spiro atoms. The lowest BCUT2D eigenvalue weighted by molar-refractivity contribution is 0.669. The summed E-state index contributed by atoms with van der Waals surface area (Å²) in [5.74, 6) is 1.75. The van der Waals surface area contributed by atoms with Gasteiger partial charge in [0.25, 0.3) is 0 Å². The van der Waals surface area contributed by atoms with Gasteiger partial charge in [-0.15, -0.1) is 0 Å². The van der Waals surface area contributed by atoms with Gasteiger partial charge >= 0.3 is 0 Å². The molecule has 0 radical (unpaired) electrons.